The zero-order chi connectivity index (χ0) is 15.7. The Hall–Kier alpha value is -1.36. The van der Waals surface area contributed by atoms with E-state index >= 15 is 0 Å². The molecule has 5 heteroatoms. The van der Waals surface area contributed by atoms with Crippen LogP contribution in [0.5, 0.6) is 0 Å². The number of morpholine rings is 1. The van der Waals surface area contributed by atoms with Gasteiger partial charge in [0.05, 0.1) is 30.4 Å². The molecule has 2 heterocycles. The summed E-state index contributed by atoms with van der Waals surface area (Å²) in [5.74, 6) is 0.843. The van der Waals surface area contributed by atoms with Crippen LogP contribution in [0.1, 0.15) is 62.0 Å². The van der Waals surface area contributed by atoms with E-state index in [1.54, 1.807) is 0 Å². The first-order valence-electron chi connectivity index (χ1n) is 8.48. The molecule has 1 aliphatic carbocycles. The Balaban J connectivity index is 1.84. The summed E-state index contributed by atoms with van der Waals surface area (Å²) in [5.41, 5.74) is 1.82. The zero-order valence-electron chi connectivity index (χ0n) is 13.8. The predicted octanol–water partition coefficient (Wildman–Crippen LogP) is 2.96. The van der Waals surface area contributed by atoms with Crippen molar-refractivity contribution in [1.82, 2.24) is 10.1 Å². The van der Waals surface area contributed by atoms with Crippen molar-refractivity contribution in [3.63, 3.8) is 0 Å². The van der Waals surface area contributed by atoms with E-state index in [4.69, 9.17) is 9.26 Å². The molecule has 1 aromatic heterocycles. The molecule has 0 N–H and O–H groups in total. The SMILES string of the molecule is CC[C@H](C(=O)N1CCO[C@@H]2CCCC[C@H]21)c1c(C)noc1C. The molecule has 1 saturated carbocycles. The third kappa shape index (κ3) is 2.67. The van der Waals surface area contributed by atoms with E-state index in [1.165, 1.54) is 12.8 Å². The van der Waals surface area contributed by atoms with Crippen LogP contribution in [0.2, 0.25) is 0 Å². The first kappa shape index (κ1) is 15.5. The lowest BCUT2D eigenvalue weighted by atomic mass is 9.87. The first-order valence-corrected chi connectivity index (χ1v) is 8.48. The van der Waals surface area contributed by atoms with Crippen molar-refractivity contribution in [3.8, 4) is 0 Å². The Morgan fingerprint density at radius 1 is 1.36 bits per heavy atom. The number of ether oxygens (including phenoxy) is 1. The number of hydrogen-bond acceptors (Lipinski definition) is 4. The third-order valence-electron chi connectivity index (χ3n) is 5.16. The highest BCUT2D eigenvalue weighted by Gasteiger charge is 2.39. The summed E-state index contributed by atoms with van der Waals surface area (Å²) in [6.07, 6.45) is 5.55. The minimum atomic E-state index is -0.146. The molecule has 0 aromatic carbocycles. The number of aromatic nitrogens is 1. The van der Waals surface area contributed by atoms with Gasteiger partial charge in [-0.15, -0.1) is 0 Å². The molecule has 3 rings (SSSR count). The van der Waals surface area contributed by atoms with Crippen LogP contribution < -0.4 is 0 Å². The second-order valence-corrected chi connectivity index (χ2v) is 6.49. The van der Waals surface area contributed by atoms with Crippen LogP contribution in [-0.2, 0) is 9.53 Å². The van der Waals surface area contributed by atoms with Crippen LogP contribution in [0.15, 0.2) is 4.52 Å². The molecule has 0 unspecified atom stereocenters. The molecule has 0 bridgehead atoms. The van der Waals surface area contributed by atoms with E-state index in [9.17, 15) is 4.79 Å². The van der Waals surface area contributed by atoms with Gasteiger partial charge in [-0.1, -0.05) is 24.9 Å². The topological polar surface area (TPSA) is 55.6 Å². The van der Waals surface area contributed by atoms with E-state index in [-0.39, 0.29) is 24.0 Å². The first-order chi connectivity index (χ1) is 10.6. The van der Waals surface area contributed by atoms with Gasteiger partial charge >= 0.3 is 0 Å². The molecule has 1 saturated heterocycles. The monoisotopic (exact) mass is 306 g/mol. The summed E-state index contributed by atoms with van der Waals surface area (Å²) in [6.45, 7) is 7.25. The molecule has 0 radical (unpaired) electrons. The Kier molecular flexibility index (Phi) is 4.52. The van der Waals surface area contributed by atoms with Crippen molar-refractivity contribution in [2.24, 2.45) is 0 Å². The quantitative estimate of drug-likeness (QED) is 0.861. The lowest BCUT2D eigenvalue weighted by Gasteiger charge is -2.44. The van der Waals surface area contributed by atoms with Crippen LogP contribution >= 0.6 is 0 Å². The minimum absolute atomic E-state index is 0.146. The van der Waals surface area contributed by atoms with Gasteiger partial charge in [-0.25, -0.2) is 0 Å². The van der Waals surface area contributed by atoms with Crippen molar-refractivity contribution in [3.05, 3.63) is 17.0 Å². The average Bonchev–Trinajstić information content (AvgIpc) is 2.87. The van der Waals surface area contributed by atoms with Gasteiger partial charge in [0.2, 0.25) is 5.91 Å². The number of carbonyl (C=O) groups is 1. The van der Waals surface area contributed by atoms with Gasteiger partial charge in [-0.3, -0.25) is 4.79 Å². The predicted molar refractivity (Wildman–Crippen MR) is 82.7 cm³/mol. The fourth-order valence-corrected chi connectivity index (χ4v) is 4.06. The summed E-state index contributed by atoms with van der Waals surface area (Å²) < 4.78 is 11.2. The molecule has 22 heavy (non-hydrogen) atoms. The van der Waals surface area contributed by atoms with E-state index in [0.29, 0.717) is 13.2 Å². The van der Waals surface area contributed by atoms with Gasteiger partial charge in [0.1, 0.15) is 5.76 Å². The highest BCUT2D eigenvalue weighted by Crippen LogP contribution is 2.33. The van der Waals surface area contributed by atoms with E-state index in [0.717, 1.165) is 36.3 Å². The van der Waals surface area contributed by atoms with Crippen molar-refractivity contribution in [1.29, 1.82) is 0 Å². The number of aryl methyl sites for hydroxylation is 2. The Morgan fingerprint density at radius 2 is 2.14 bits per heavy atom. The zero-order valence-corrected chi connectivity index (χ0v) is 13.8. The second-order valence-electron chi connectivity index (χ2n) is 6.49. The van der Waals surface area contributed by atoms with Crippen molar-refractivity contribution < 1.29 is 14.1 Å². The number of hydrogen-bond donors (Lipinski definition) is 0. The summed E-state index contributed by atoms with van der Waals surface area (Å²) in [6, 6.07) is 0.254. The molecular weight excluding hydrogens is 280 g/mol. The third-order valence-corrected chi connectivity index (χ3v) is 5.16. The fourth-order valence-electron chi connectivity index (χ4n) is 4.06. The van der Waals surface area contributed by atoms with Gasteiger partial charge in [0.15, 0.2) is 0 Å². The molecule has 122 valence electrons. The number of carbonyl (C=O) groups excluding carboxylic acids is 1. The lowest BCUT2D eigenvalue weighted by molar-refractivity contribution is -0.151. The van der Waals surface area contributed by atoms with E-state index < -0.39 is 0 Å². The number of amides is 1. The molecule has 2 fully saturated rings. The van der Waals surface area contributed by atoms with Crippen LogP contribution in [0.25, 0.3) is 0 Å². The Morgan fingerprint density at radius 3 is 2.82 bits per heavy atom. The Labute approximate surface area is 132 Å². The lowest BCUT2D eigenvalue weighted by Crippen LogP contribution is -2.55. The molecule has 0 spiro atoms. The number of fused-ring (bicyclic) bond motifs is 1. The molecule has 2 aliphatic rings. The summed E-state index contributed by atoms with van der Waals surface area (Å²) in [5, 5.41) is 4.02. The maximum Gasteiger partial charge on any atom is 0.230 e. The van der Waals surface area contributed by atoms with Crippen LogP contribution in [0, 0.1) is 13.8 Å². The molecule has 1 aliphatic heterocycles. The maximum absolute atomic E-state index is 13.2. The minimum Gasteiger partial charge on any atom is -0.374 e. The number of rotatable bonds is 3. The molecule has 1 aromatic rings. The van der Waals surface area contributed by atoms with Crippen molar-refractivity contribution in [2.75, 3.05) is 13.2 Å². The molecule has 3 atom stereocenters. The largest absolute Gasteiger partial charge is 0.374 e. The van der Waals surface area contributed by atoms with Gasteiger partial charge in [0, 0.05) is 12.1 Å². The van der Waals surface area contributed by atoms with Crippen LogP contribution in [0.3, 0.4) is 0 Å². The molecule has 1 amide bonds. The second kappa shape index (κ2) is 6.41. The Bertz CT molecular complexity index is 519. The van der Waals surface area contributed by atoms with Crippen molar-refractivity contribution in [2.45, 2.75) is 70.9 Å². The van der Waals surface area contributed by atoms with E-state index in [1.807, 2.05) is 13.8 Å². The van der Waals surface area contributed by atoms with Gasteiger partial charge in [-0.05, 0) is 33.1 Å². The van der Waals surface area contributed by atoms with Gasteiger partial charge in [-0.2, -0.15) is 0 Å². The summed E-state index contributed by atoms with van der Waals surface area (Å²) >= 11 is 0. The van der Waals surface area contributed by atoms with Crippen LogP contribution in [0.4, 0.5) is 0 Å². The average molecular weight is 306 g/mol. The van der Waals surface area contributed by atoms with E-state index in [2.05, 4.69) is 17.0 Å². The highest BCUT2D eigenvalue weighted by molar-refractivity contribution is 5.84. The normalized spacial score (nSPS) is 26.6. The van der Waals surface area contributed by atoms with Crippen LogP contribution in [-0.4, -0.2) is 41.3 Å². The maximum atomic E-state index is 13.2. The highest BCUT2D eigenvalue weighted by atomic mass is 16.5. The summed E-state index contributed by atoms with van der Waals surface area (Å²) in [4.78, 5) is 15.3. The van der Waals surface area contributed by atoms with Gasteiger partial charge in [0.25, 0.3) is 0 Å². The number of nitrogens with zero attached hydrogens (tertiary/aromatic N) is 2. The molecule has 5 nitrogen and oxygen atoms in total. The smallest absolute Gasteiger partial charge is 0.230 e. The standard InChI is InChI=1S/C17H26N2O3/c1-4-13(16-11(2)18-22-12(16)3)17(20)19-9-10-21-15-8-6-5-7-14(15)19/h13-15H,4-10H2,1-3H3/t13-,14+,15+/m0/s1. The fraction of sp³-hybridized carbons (Fsp3) is 0.765. The molecular formula is C17H26N2O3. The van der Waals surface area contributed by atoms with Gasteiger partial charge < -0.3 is 14.2 Å². The van der Waals surface area contributed by atoms with Crippen molar-refractivity contribution >= 4 is 5.91 Å². The summed E-state index contributed by atoms with van der Waals surface area (Å²) in [7, 11) is 0.